The second kappa shape index (κ2) is 5.64. The smallest absolute Gasteiger partial charge is 0.339 e. The molecular formula is C15H15N5O3. The highest BCUT2D eigenvalue weighted by Gasteiger charge is 2.16. The summed E-state index contributed by atoms with van der Waals surface area (Å²) in [6.07, 6.45) is 2.89. The molecule has 0 radical (unpaired) electrons. The quantitative estimate of drug-likeness (QED) is 0.788. The Morgan fingerprint density at radius 3 is 2.78 bits per heavy atom. The van der Waals surface area contributed by atoms with Gasteiger partial charge in [0.2, 0.25) is 0 Å². The van der Waals surface area contributed by atoms with Gasteiger partial charge in [-0.15, -0.1) is 0 Å². The summed E-state index contributed by atoms with van der Waals surface area (Å²) >= 11 is 0. The Morgan fingerprint density at radius 1 is 1.39 bits per heavy atom. The second-order valence-corrected chi connectivity index (χ2v) is 5.38. The molecule has 8 nitrogen and oxygen atoms in total. The van der Waals surface area contributed by atoms with Gasteiger partial charge in [-0.05, 0) is 19.1 Å². The van der Waals surface area contributed by atoms with E-state index in [2.05, 4.69) is 20.2 Å². The minimum absolute atomic E-state index is 0.136. The third-order valence-electron chi connectivity index (χ3n) is 3.41. The van der Waals surface area contributed by atoms with Crippen molar-refractivity contribution in [3.8, 4) is 17.3 Å². The Hall–Kier alpha value is -3.03. The fourth-order valence-corrected chi connectivity index (χ4v) is 2.10. The maximum absolute atomic E-state index is 11.1. The van der Waals surface area contributed by atoms with Gasteiger partial charge in [-0.1, -0.05) is 19.0 Å². The standard InChI is InChI=1S/C15H15N5O3/c1-8(2)13-18-14(23-19-13)10-4-5-16-12(6-10)20-9(3)11(7-17-20)15(21)22/h4-8H,1-3H3,(H,21,22). The van der Waals surface area contributed by atoms with Crippen LogP contribution in [-0.4, -0.2) is 36.0 Å². The Kier molecular flexibility index (Phi) is 3.65. The highest BCUT2D eigenvalue weighted by atomic mass is 16.5. The molecule has 3 aromatic heterocycles. The number of rotatable bonds is 4. The summed E-state index contributed by atoms with van der Waals surface area (Å²) in [6.45, 7) is 5.63. The van der Waals surface area contributed by atoms with Crippen LogP contribution in [0.5, 0.6) is 0 Å². The lowest BCUT2D eigenvalue weighted by atomic mass is 10.2. The minimum Gasteiger partial charge on any atom is -0.478 e. The van der Waals surface area contributed by atoms with Crippen molar-refractivity contribution in [3.63, 3.8) is 0 Å². The molecule has 23 heavy (non-hydrogen) atoms. The molecule has 0 saturated heterocycles. The van der Waals surface area contributed by atoms with E-state index >= 15 is 0 Å². The van der Waals surface area contributed by atoms with Gasteiger partial charge in [-0.3, -0.25) is 0 Å². The number of carbonyl (C=O) groups is 1. The van der Waals surface area contributed by atoms with Crippen molar-refractivity contribution in [1.82, 2.24) is 24.9 Å². The van der Waals surface area contributed by atoms with E-state index in [1.807, 2.05) is 13.8 Å². The molecule has 8 heteroatoms. The normalized spacial score (nSPS) is 11.1. The average Bonchev–Trinajstić information content (AvgIpc) is 3.14. The van der Waals surface area contributed by atoms with Gasteiger partial charge in [0.25, 0.3) is 5.89 Å². The third kappa shape index (κ3) is 2.70. The molecule has 3 heterocycles. The van der Waals surface area contributed by atoms with Crippen LogP contribution < -0.4 is 0 Å². The lowest BCUT2D eigenvalue weighted by Gasteiger charge is -2.04. The Labute approximate surface area is 131 Å². The third-order valence-corrected chi connectivity index (χ3v) is 3.41. The maximum atomic E-state index is 11.1. The van der Waals surface area contributed by atoms with Crippen LogP contribution in [-0.2, 0) is 0 Å². The Bertz CT molecular complexity index is 866. The van der Waals surface area contributed by atoms with Gasteiger partial charge < -0.3 is 9.63 Å². The van der Waals surface area contributed by atoms with Crippen molar-refractivity contribution in [2.75, 3.05) is 0 Å². The molecule has 1 N–H and O–H groups in total. The predicted octanol–water partition coefficient (Wildman–Crippen LogP) is 2.45. The van der Waals surface area contributed by atoms with Gasteiger partial charge in [-0.2, -0.15) is 10.1 Å². The monoisotopic (exact) mass is 313 g/mol. The summed E-state index contributed by atoms with van der Waals surface area (Å²) in [6, 6.07) is 3.47. The summed E-state index contributed by atoms with van der Waals surface area (Å²) in [7, 11) is 0. The van der Waals surface area contributed by atoms with E-state index in [9.17, 15) is 4.79 Å². The van der Waals surface area contributed by atoms with Crippen molar-refractivity contribution in [3.05, 3.63) is 41.6 Å². The number of aromatic nitrogens is 5. The predicted molar refractivity (Wildman–Crippen MR) is 80.4 cm³/mol. The van der Waals surface area contributed by atoms with Crippen LogP contribution in [0.4, 0.5) is 0 Å². The zero-order valence-electron chi connectivity index (χ0n) is 12.9. The van der Waals surface area contributed by atoms with E-state index in [4.69, 9.17) is 9.63 Å². The van der Waals surface area contributed by atoms with E-state index in [0.29, 0.717) is 28.8 Å². The molecule has 0 aliphatic rings. The van der Waals surface area contributed by atoms with E-state index in [-0.39, 0.29) is 11.5 Å². The summed E-state index contributed by atoms with van der Waals surface area (Å²) in [5.41, 5.74) is 1.33. The zero-order valence-corrected chi connectivity index (χ0v) is 12.9. The second-order valence-electron chi connectivity index (χ2n) is 5.38. The number of carboxylic acid groups (broad SMARTS) is 1. The number of nitrogens with zero attached hydrogens (tertiary/aromatic N) is 5. The van der Waals surface area contributed by atoms with Gasteiger partial charge >= 0.3 is 5.97 Å². The molecule has 0 saturated carbocycles. The summed E-state index contributed by atoms with van der Waals surface area (Å²) in [4.78, 5) is 19.7. The topological polar surface area (TPSA) is 107 Å². The van der Waals surface area contributed by atoms with Gasteiger partial charge in [0.15, 0.2) is 11.6 Å². The first-order valence-electron chi connectivity index (χ1n) is 7.05. The fourth-order valence-electron chi connectivity index (χ4n) is 2.10. The molecule has 0 unspecified atom stereocenters. The lowest BCUT2D eigenvalue weighted by Crippen LogP contribution is -2.04. The van der Waals surface area contributed by atoms with Crippen LogP contribution in [0, 0.1) is 6.92 Å². The molecule has 0 aromatic carbocycles. The molecule has 0 fully saturated rings. The first-order valence-corrected chi connectivity index (χ1v) is 7.05. The molecule has 0 spiro atoms. The summed E-state index contributed by atoms with van der Waals surface area (Å²) in [5, 5.41) is 17.1. The molecule has 3 aromatic rings. The van der Waals surface area contributed by atoms with E-state index in [1.165, 1.54) is 10.9 Å². The highest BCUT2D eigenvalue weighted by Crippen LogP contribution is 2.22. The molecular weight excluding hydrogens is 298 g/mol. The van der Waals surface area contributed by atoms with Crippen molar-refractivity contribution >= 4 is 5.97 Å². The van der Waals surface area contributed by atoms with Crippen LogP contribution in [0.15, 0.2) is 29.0 Å². The number of aromatic carboxylic acids is 1. The van der Waals surface area contributed by atoms with Crippen molar-refractivity contribution in [2.45, 2.75) is 26.7 Å². The Morgan fingerprint density at radius 2 is 2.17 bits per heavy atom. The molecule has 3 rings (SSSR count). The summed E-state index contributed by atoms with van der Waals surface area (Å²) in [5.74, 6) is 0.642. The fraction of sp³-hybridized carbons (Fsp3) is 0.267. The zero-order chi connectivity index (χ0) is 16.6. The molecule has 0 atom stereocenters. The van der Waals surface area contributed by atoms with E-state index < -0.39 is 5.97 Å². The van der Waals surface area contributed by atoms with Crippen molar-refractivity contribution in [2.24, 2.45) is 0 Å². The van der Waals surface area contributed by atoms with Gasteiger partial charge in [0.05, 0.1) is 11.9 Å². The SMILES string of the molecule is Cc1c(C(=O)O)cnn1-c1cc(-c2nc(C(C)C)no2)ccn1. The largest absolute Gasteiger partial charge is 0.478 e. The number of pyridine rings is 1. The van der Waals surface area contributed by atoms with Crippen LogP contribution in [0.2, 0.25) is 0 Å². The molecule has 0 aliphatic carbocycles. The van der Waals surface area contributed by atoms with Crippen LogP contribution >= 0.6 is 0 Å². The van der Waals surface area contributed by atoms with Crippen LogP contribution in [0.3, 0.4) is 0 Å². The van der Waals surface area contributed by atoms with Crippen LogP contribution in [0.25, 0.3) is 17.3 Å². The molecule has 0 amide bonds. The molecule has 0 aliphatic heterocycles. The van der Waals surface area contributed by atoms with Gasteiger partial charge in [0.1, 0.15) is 5.56 Å². The molecule has 118 valence electrons. The lowest BCUT2D eigenvalue weighted by molar-refractivity contribution is 0.0696. The van der Waals surface area contributed by atoms with Gasteiger partial charge in [-0.25, -0.2) is 14.5 Å². The number of carboxylic acids is 1. The van der Waals surface area contributed by atoms with E-state index in [1.54, 1.807) is 25.3 Å². The minimum atomic E-state index is -1.02. The maximum Gasteiger partial charge on any atom is 0.339 e. The van der Waals surface area contributed by atoms with Crippen molar-refractivity contribution in [1.29, 1.82) is 0 Å². The highest BCUT2D eigenvalue weighted by molar-refractivity contribution is 5.88. The summed E-state index contributed by atoms with van der Waals surface area (Å²) < 4.78 is 6.73. The first-order chi connectivity index (χ1) is 11.0. The van der Waals surface area contributed by atoms with Crippen LogP contribution in [0.1, 0.15) is 41.6 Å². The van der Waals surface area contributed by atoms with Gasteiger partial charge in [0, 0.05) is 17.7 Å². The van der Waals surface area contributed by atoms with E-state index in [0.717, 1.165) is 0 Å². The molecule has 0 bridgehead atoms. The number of hydrogen-bond donors (Lipinski definition) is 1. The Balaban J connectivity index is 2.01. The first kappa shape index (κ1) is 14.9. The van der Waals surface area contributed by atoms with Crippen molar-refractivity contribution < 1.29 is 14.4 Å². The number of hydrogen-bond acceptors (Lipinski definition) is 6. The average molecular weight is 313 g/mol.